The average Bonchev–Trinajstić information content (AvgIpc) is 3.09. The number of halogens is 4. The monoisotopic (exact) mass is 423 g/mol. The van der Waals surface area contributed by atoms with E-state index < -0.39 is 22.1 Å². The molecule has 2 N–H and O–H groups in total. The van der Waals surface area contributed by atoms with E-state index in [4.69, 9.17) is 28.3 Å². The van der Waals surface area contributed by atoms with E-state index in [9.17, 15) is 17.2 Å². The van der Waals surface area contributed by atoms with Gasteiger partial charge in [0.25, 0.3) is 6.43 Å². The van der Waals surface area contributed by atoms with Gasteiger partial charge >= 0.3 is 0 Å². The first-order chi connectivity index (χ1) is 11.7. The van der Waals surface area contributed by atoms with Gasteiger partial charge in [0, 0.05) is 5.56 Å². The summed E-state index contributed by atoms with van der Waals surface area (Å²) in [5.41, 5.74) is 0.690. The summed E-state index contributed by atoms with van der Waals surface area (Å²) in [6, 6.07) is 8.11. The molecular formula is C14H9Cl2F2N3O2S2. The molecule has 3 rings (SSSR count). The van der Waals surface area contributed by atoms with E-state index in [1.54, 1.807) is 6.07 Å². The van der Waals surface area contributed by atoms with E-state index in [1.165, 1.54) is 35.0 Å². The van der Waals surface area contributed by atoms with Crippen molar-refractivity contribution >= 4 is 44.6 Å². The second kappa shape index (κ2) is 6.65. The Morgan fingerprint density at radius 2 is 1.80 bits per heavy atom. The van der Waals surface area contributed by atoms with Crippen LogP contribution in [0, 0.1) is 0 Å². The van der Waals surface area contributed by atoms with E-state index >= 15 is 0 Å². The Morgan fingerprint density at radius 3 is 2.28 bits per heavy atom. The lowest BCUT2D eigenvalue weighted by atomic mass is 10.2. The van der Waals surface area contributed by atoms with Gasteiger partial charge in [-0.25, -0.2) is 27.0 Å². The van der Waals surface area contributed by atoms with Gasteiger partial charge in [-0.2, -0.15) is 5.10 Å². The van der Waals surface area contributed by atoms with Gasteiger partial charge in [0.1, 0.15) is 10.0 Å². The van der Waals surface area contributed by atoms with Gasteiger partial charge in [0.05, 0.1) is 20.6 Å². The molecule has 2 heterocycles. The molecule has 0 aliphatic heterocycles. The third-order valence-electron chi connectivity index (χ3n) is 3.29. The van der Waals surface area contributed by atoms with Gasteiger partial charge in [-0.1, -0.05) is 23.2 Å². The highest BCUT2D eigenvalue weighted by atomic mass is 35.5. The Labute approximate surface area is 155 Å². The first-order valence-corrected chi connectivity index (χ1v) is 9.75. The minimum Gasteiger partial charge on any atom is -0.233 e. The normalized spacial score (nSPS) is 12.1. The van der Waals surface area contributed by atoms with Gasteiger partial charge in [0.15, 0.2) is 0 Å². The van der Waals surface area contributed by atoms with Crippen molar-refractivity contribution in [2.75, 3.05) is 0 Å². The summed E-state index contributed by atoms with van der Waals surface area (Å²) in [6.45, 7) is 0. The number of nitrogens with zero attached hydrogens (tertiary/aromatic N) is 2. The van der Waals surface area contributed by atoms with Crippen LogP contribution in [-0.2, 0) is 10.0 Å². The van der Waals surface area contributed by atoms with Crippen LogP contribution >= 0.6 is 34.5 Å². The second-order valence-corrected chi connectivity index (χ2v) is 8.79. The molecular weight excluding hydrogens is 415 g/mol. The summed E-state index contributed by atoms with van der Waals surface area (Å²) < 4.78 is 50.8. The summed E-state index contributed by atoms with van der Waals surface area (Å²) in [6.07, 6.45) is -2.78. The van der Waals surface area contributed by atoms with Crippen molar-refractivity contribution in [3.05, 3.63) is 50.8 Å². The molecule has 0 saturated carbocycles. The van der Waals surface area contributed by atoms with Crippen LogP contribution in [0.4, 0.5) is 8.78 Å². The molecule has 5 nitrogen and oxygen atoms in total. The summed E-state index contributed by atoms with van der Waals surface area (Å²) in [7, 11) is -3.86. The Morgan fingerprint density at radius 1 is 1.16 bits per heavy atom. The standard InChI is InChI=1S/C14H9Cl2F2N3O2S2/c15-12-5-9(13(16)24-12)11-6-10(14(17)18)20-21(11)7-1-3-8(4-2-7)25(19,22)23/h1-6,14H,(H2,19,22,23). The summed E-state index contributed by atoms with van der Waals surface area (Å²) in [4.78, 5) is -0.101. The Hall–Kier alpha value is -1.52. The number of alkyl halides is 2. The molecule has 25 heavy (non-hydrogen) atoms. The minimum atomic E-state index is -3.86. The van der Waals surface area contributed by atoms with Gasteiger partial charge in [-0.05, 0) is 36.4 Å². The van der Waals surface area contributed by atoms with Gasteiger partial charge in [-0.3, -0.25) is 0 Å². The average molecular weight is 424 g/mol. The molecule has 132 valence electrons. The topological polar surface area (TPSA) is 78.0 Å². The van der Waals surface area contributed by atoms with Crippen molar-refractivity contribution in [3.8, 4) is 16.9 Å². The van der Waals surface area contributed by atoms with Gasteiger partial charge in [-0.15, -0.1) is 11.3 Å². The summed E-state index contributed by atoms with van der Waals surface area (Å²) in [5, 5.41) is 8.94. The van der Waals surface area contributed by atoms with Crippen LogP contribution in [0.2, 0.25) is 8.67 Å². The fraction of sp³-hybridized carbons (Fsp3) is 0.0714. The molecule has 0 fully saturated rings. The Balaban J connectivity index is 2.17. The molecule has 0 aliphatic carbocycles. The van der Waals surface area contributed by atoms with Crippen molar-refractivity contribution in [1.82, 2.24) is 9.78 Å². The molecule has 0 unspecified atom stereocenters. The lowest BCUT2D eigenvalue weighted by Gasteiger charge is -2.07. The van der Waals surface area contributed by atoms with Crippen molar-refractivity contribution in [3.63, 3.8) is 0 Å². The lowest BCUT2D eigenvalue weighted by Crippen LogP contribution is -2.12. The summed E-state index contributed by atoms with van der Waals surface area (Å²) in [5.74, 6) is 0. The number of primary sulfonamides is 1. The first kappa shape index (κ1) is 18.3. The number of thiophene rings is 1. The number of hydrogen-bond donors (Lipinski definition) is 1. The molecule has 0 radical (unpaired) electrons. The first-order valence-electron chi connectivity index (χ1n) is 6.63. The number of aromatic nitrogens is 2. The third kappa shape index (κ3) is 3.70. The molecule has 0 bridgehead atoms. The molecule has 2 aromatic heterocycles. The van der Waals surface area contributed by atoms with E-state index in [0.717, 1.165) is 11.3 Å². The minimum absolute atomic E-state index is 0.101. The predicted octanol–water partition coefficient (Wildman–Crippen LogP) is 4.49. The fourth-order valence-electron chi connectivity index (χ4n) is 2.19. The maximum Gasteiger partial charge on any atom is 0.282 e. The zero-order valence-corrected chi connectivity index (χ0v) is 15.3. The molecule has 3 aromatic rings. The van der Waals surface area contributed by atoms with E-state index in [1.807, 2.05) is 0 Å². The van der Waals surface area contributed by atoms with Gasteiger partial charge in [0.2, 0.25) is 10.0 Å². The molecule has 11 heteroatoms. The number of rotatable bonds is 4. The van der Waals surface area contributed by atoms with E-state index in [-0.39, 0.29) is 4.90 Å². The number of hydrogen-bond acceptors (Lipinski definition) is 4. The van der Waals surface area contributed by atoms with E-state index in [2.05, 4.69) is 5.10 Å². The van der Waals surface area contributed by atoms with Crippen molar-refractivity contribution < 1.29 is 17.2 Å². The highest BCUT2D eigenvalue weighted by Crippen LogP contribution is 2.40. The predicted molar refractivity (Wildman–Crippen MR) is 93.2 cm³/mol. The van der Waals surface area contributed by atoms with Crippen LogP contribution in [0.25, 0.3) is 16.9 Å². The molecule has 0 atom stereocenters. The smallest absolute Gasteiger partial charge is 0.233 e. The summed E-state index contributed by atoms with van der Waals surface area (Å²) >= 11 is 13.2. The molecule has 0 aliphatic rings. The van der Waals surface area contributed by atoms with Crippen LogP contribution in [0.15, 0.2) is 41.3 Å². The fourth-order valence-corrected chi connectivity index (χ4v) is 4.18. The second-order valence-electron chi connectivity index (χ2n) is 4.94. The SMILES string of the molecule is NS(=O)(=O)c1ccc(-n2nc(C(F)F)cc2-c2cc(Cl)sc2Cl)cc1. The Kier molecular flexibility index (Phi) is 4.86. The number of nitrogens with two attached hydrogens (primary N) is 1. The van der Waals surface area contributed by atoms with Crippen LogP contribution in [0.1, 0.15) is 12.1 Å². The maximum atomic E-state index is 13.1. The van der Waals surface area contributed by atoms with Crippen LogP contribution in [-0.4, -0.2) is 18.2 Å². The van der Waals surface area contributed by atoms with Crippen molar-refractivity contribution in [2.45, 2.75) is 11.3 Å². The van der Waals surface area contributed by atoms with Crippen LogP contribution in [0.5, 0.6) is 0 Å². The lowest BCUT2D eigenvalue weighted by molar-refractivity contribution is 0.145. The van der Waals surface area contributed by atoms with Crippen LogP contribution < -0.4 is 5.14 Å². The van der Waals surface area contributed by atoms with E-state index in [0.29, 0.717) is 25.6 Å². The van der Waals surface area contributed by atoms with Crippen molar-refractivity contribution in [1.29, 1.82) is 0 Å². The van der Waals surface area contributed by atoms with Crippen molar-refractivity contribution in [2.24, 2.45) is 5.14 Å². The molecule has 0 amide bonds. The largest absolute Gasteiger partial charge is 0.282 e. The quantitative estimate of drug-likeness (QED) is 0.670. The third-order valence-corrected chi connectivity index (χ3v) is 5.71. The highest BCUT2D eigenvalue weighted by molar-refractivity contribution is 7.89. The van der Waals surface area contributed by atoms with Gasteiger partial charge < -0.3 is 0 Å². The molecule has 0 saturated heterocycles. The molecule has 0 spiro atoms. The zero-order valence-electron chi connectivity index (χ0n) is 12.2. The zero-order chi connectivity index (χ0) is 18.4. The Bertz CT molecular complexity index is 1030. The number of sulfonamides is 1. The highest BCUT2D eigenvalue weighted by Gasteiger charge is 2.21. The maximum absolute atomic E-state index is 13.1. The van der Waals surface area contributed by atoms with Crippen LogP contribution in [0.3, 0.4) is 0 Å². The number of benzene rings is 1. The molecule has 1 aromatic carbocycles.